The highest BCUT2D eigenvalue weighted by Crippen LogP contribution is 2.38. The second-order valence-corrected chi connectivity index (χ2v) is 13.7. The summed E-state index contributed by atoms with van der Waals surface area (Å²) in [6.07, 6.45) is 10.2. The van der Waals surface area contributed by atoms with Crippen molar-refractivity contribution in [2.75, 3.05) is 0 Å². The van der Waals surface area contributed by atoms with Gasteiger partial charge in [0.2, 0.25) is 0 Å². The smallest absolute Gasteiger partial charge is 0.137 e. The summed E-state index contributed by atoms with van der Waals surface area (Å²) >= 11 is 0. The summed E-state index contributed by atoms with van der Waals surface area (Å²) in [5.41, 5.74) is 17.3. The molecule has 0 bridgehead atoms. The summed E-state index contributed by atoms with van der Waals surface area (Å²) in [5.74, 6) is 0. The van der Waals surface area contributed by atoms with Crippen LogP contribution < -0.4 is 0 Å². The van der Waals surface area contributed by atoms with Crippen LogP contribution in [0.5, 0.6) is 0 Å². The first-order valence-corrected chi connectivity index (χ1v) is 18.8. The van der Waals surface area contributed by atoms with E-state index in [9.17, 15) is 0 Å². The third kappa shape index (κ3) is 6.65. The minimum Gasteiger partial charge on any atom is -0.299 e. The van der Waals surface area contributed by atoms with E-state index in [4.69, 9.17) is 15.0 Å². The summed E-state index contributed by atoms with van der Waals surface area (Å²) in [4.78, 5) is 15.4. The lowest BCUT2D eigenvalue weighted by Crippen LogP contribution is -1.95. The second-order valence-electron chi connectivity index (χ2n) is 13.7. The van der Waals surface area contributed by atoms with Gasteiger partial charge < -0.3 is 0 Å². The van der Waals surface area contributed by atoms with Gasteiger partial charge in [0.05, 0.1) is 33.8 Å². The molecule has 0 radical (unpaired) electrons. The molecular formula is C52H38N4. The van der Waals surface area contributed by atoms with E-state index in [0.717, 1.165) is 95.1 Å². The molecule has 9 rings (SSSR count). The Balaban J connectivity index is 1.16. The first-order chi connectivity index (χ1) is 27.7. The number of nitrogens with zero attached hydrogens (tertiary/aromatic N) is 4. The van der Waals surface area contributed by atoms with Gasteiger partial charge in [0, 0.05) is 28.5 Å². The number of para-hydroxylation sites is 2. The van der Waals surface area contributed by atoms with Gasteiger partial charge >= 0.3 is 0 Å². The van der Waals surface area contributed by atoms with E-state index in [1.165, 1.54) is 0 Å². The van der Waals surface area contributed by atoms with Gasteiger partial charge in [-0.1, -0.05) is 152 Å². The molecule has 9 aromatic rings. The number of hydrogen-bond donors (Lipinski definition) is 0. The van der Waals surface area contributed by atoms with E-state index < -0.39 is 0 Å². The molecule has 0 saturated carbocycles. The summed E-state index contributed by atoms with van der Waals surface area (Å²) in [7, 11) is 0. The zero-order valence-electron chi connectivity index (χ0n) is 31.0. The van der Waals surface area contributed by atoms with Gasteiger partial charge in [0.1, 0.15) is 5.65 Å². The van der Waals surface area contributed by atoms with Crippen LogP contribution in [-0.4, -0.2) is 19.4 Å². The Hall–Kier alpha value is -7.43. The van der Waals surface area contributed by atoms with Crippen LogP contribution in [-0.2, 0) is 0 Å². The minimum atomic E-state index is 0.860. The zero-order chi connectivity index (χ0) is 37.8. The summed E-state index contributed by atoms with van der Waals surface area (Å²) < 4.78 is 2.18. The van der Waals surface area contributed by atoms with Crippen molar-refractivity contribution in [3.05, 3.63) is 213 Å². The molecule has 0 aliphatic rings. The molecule has 0 unspecified atom stereocenters. The van der Waals surface area contributed by atoms with Crippen molar-refractivity contribution in [2.45, 2.75) is 6.92 Å². The van der Waals surface area contributed by atoms with Crippen LogP contribution in [0.15, 0.2) is 207 Å². The standard InChI is InChI=1S/C52H38N4/c1-3-16-36(17-4-2)43-33-44(37-27-29-39(30-28-37)50-49(38-18-7-5-8-19-38)53-46-24-11-12-25-47(46)54-50)35-45(34-43)41-22-15-23-42(32-41)51-52(40-20-9-6-10-21-40)56-31-14-13-26-48(56)55-51/h3-35H,1H2,2H3/b17-4-,36-16+. The topological polar surface area (TPSA) is 43.1 Å². The molecule has 6 aromatic carbocycles. The van der Waals surface area contributed by atoms with Crippen molar-refractivity contribution in [1.82, 2.24) is 19.4 Å². The van der Waals surface area contributed by atoms with Gasteiger partial charge in [-0.15, -0.1) is 0 Å². The molecule has 0 aliphatic heterocycles. The van der Waals surface area contributed by atoms with Crippen LogP contribution >= 0.6 is 0 Å². The fraction of sp³-hybridized carbons (Fsp3) is 0.0192. The monoisotopic (exact) mass is 718 g/mol. The van der Waals surface area contributed by atoms with Crippen molar-refractivity contribution in [3.8, 4) is 67.3 Å². The molecule has 0 spiro atoms. The summed E-state index contributed by atoms with van der Waals surface area (Å²) in [6.45, 7) is 6.07. The summed E-state index contributed by atoms with van der Waals surface area (Å²) in [5, 5.41) is 0. The van der Waals surface area contributed by atoms with Gasteiger partial charge in [0.15, 0.2) is 0 Å². The number of hydrogen-bond acceptors (Lipinski definition) is 3. The molecular weight excluding hydrogens is 681 g/mol. The lowest BCUT2D eigenvalue weighted by Gasteiger charge is -2.14. The van der Waals surface area contributed by atoms with E-state index in [1.807, 2.05) is 67.6 Å². The van der Waals surface area contributed by atoms with Gasteiger partial charge in [-0.2, -0.15) is 0 Å². The Bertz CT molecular complexity index is 2920. The number of pyridine rings is 1. The predicted octanol–water partition coefficient (Wildman–Crippen LogP) is 13.4. The van der Waals surface area contributed by atoms with Gasteiger partial charge in [-0.3, -0.25) is 4.40 Å². The molecule has 0 saturated heterocycles. The van der Waals surface area contributed by atoms with Gasteiger partial charge in [-0.05, 0) is 88.8 Å². The molecule has 56 heavy (non-hydrogen) atoms. The quantitative estimate of drug-likeness (QED) is 0.140. The number of rotatable bonds is 9. The average molecular weight is 719 g/mol. The van der Waals surface area contributed by atoms with Crippen molar-refractivity contribution >= 4 is 22.3 Å². The highest BCUT2D eigenvalue weighted by Gasteiger charge is 2.18. The van der Waals surface area contributed by atoms with Crippen molar-refractivity contribution in [3.63, 3.8) is 0 Å². The fourth-order valence-corrected chi connectivity index (χ4v) is 7.42. The van der Waals surface area contributed by atoms with Crippen LogP contribution in [0.25, 0.3) is 89.5 Å². The molecule has 3 heterocycles. The third-order valence-corrected chi connectivity index (χ3v) is 10.1. The maximum atomic E-state index is 5.15. The normalized spacial score (nSPS) is 11.8. The van der Waals surface area contributed by atoms with Crippen LogP contribution in [0.1, 0.15) is 12.5 Å². The molecule has 0 fully saturated rings. The van der Waals surface area contributed by atoms with Crippen molar-refractivity contribution < 1.29 is 0 Å². The first kappa shape index (κ1) is 34.3. The first-order valence-electron chi connectivity index (χ1n) is 18.8. The molecule has 4 heteroatoms. The molecule has 266 valence electrons. The van der Waals surface area contributed by atoms with Gasteiger partial charge in [-0.25, -0.2) is 15.0 Å². The maximum absolute atomic E-state index is 5.15. The third-order valence-electron chi connectivity index (χ3n) is 10.1. The van der Waals surface area contributed by atoms with E-state index in [1.54, 1.807) is 0 Å². The highest BCUT2D eigenvalue weighted by atomic mass is 15.0. The van der Waals surface area contributed by atoms with Crippen molar-refractivity contribution in [1.29, 1.82) is 0 Å². The molecule has 3 aromatic heterocycles. The maximum Gasteiger partial charge on any atom is 0.137 e. The Morgan fingerprint density at radius 3 is 1.71 bits per heavy atom. The highest BCUT2D eigenvalue weighted by molar-refractivity contribution is 5.89. The number of fused-ring (bicyclic) bond motifs is 2. The molecule has 0 amide bonds. The molecule has 0 atom stereocenters. The van der Waals surface area contributed by atoms with Crippen molar-refractivity contribution in [2.24, 2.45) is 0 Å². The number of allylic oxidation sites excluding steroid dienone is 5. The number of imidazole rings is 1. The van der Waals surface area contributed by atoms with E-state index >= 15 is 0 Å². The number of benzene rings is 6. The molecule has 0 N–H and O–H groups in total. The Kier molecular flexibility index (Phi) is 9.28. The van der Waals surface area contributed by atoms with E-state index in [0.29, 0.717) is 0 Å². The summed E-state index contributed by atoms with van der Waals surface area (Å²) in [6, 6.07) is 59.2. The Morgan fingerprint density at radius 2 is 1.04 bits per heavy atom. The van der Waals surface area contributed by atoms with Crippen LogP contribution in [0.2, 0.25) is 0 Å². The van der Waals surface area contributed by atoms with Crippen LogP contribution in [0.4, 0.5) is 0 Å². The SMILES string of the molecule is C=C/C=C(\C=C/C)c1cc(-c2ccc(-c3nc4ccccc4nc3-c3ccccc3)cc2)cc(-c2cccc(-c3nc4ccccn4c3-c3ccccc3)c2)c1. The Morgan fingerprint density at radius 1 is 0.482 bits per heavy atom. The lowest BCUT2D eigenvalue weighted by molar-refractivity contribution is 1.19. The second kappa shape index (κ2) is 15.1. The van der Waals surface area contributed by atoms with Crippen LogP contribution in [0, 0.1) is 0 Å². The number of aromatic nitrogens is 4. The molecule has 4 nitrogen and oxygen atoms in total. The van der Waals surface area contributed by atoms with Crippen LogP contribution in [0.3, 0.4) is 0 Å². The van der Waals surface area contributed by atoms with E-state index in [2.05, 4.69) is 151 Å². The lowest BCUT2D eigenvalue weighted by atomic mass is 9.91. The van der Waals surface area contributed by atoms with E-state index in [-0.39, 0.29) is 0 Å². The van der Waals surface area contributed by atoms with Gasteiger partial charge in [0.25, 0.3) is 0 Å². The minimum absolute atomic E-state index is 0.860. The average Bonchev–Trinajstić information content (AvgIpc) is 3.66. The zero-order valence-corrected chi connectivity index (χ0v) is 31.0. The predicted molar refractivity (Wildman–Crippen MR) is 234 cm³/mol. The Labute approximate surface area is 327 Å². The molecule has 0 aliphatic carbocycles. The fourth-order valence-electron chi connectivity index (χ4n) is 7.42. The largest absolute Gasteiger partial charge is 0.299 e.